The molecular formula is C36H47ClN2O7S. The summed E-state index contributed by atoms with van der Waals surface area (Å²) in [4.78, 5) is 28.5. The predicted octanol–water partition coefficient (Wildman–Crippen LogP) is 5.73. The Kier molecular flexibility index (Phi) is 9.85. The smallest absolute Gasteiger partial charge is 0.332 e. The van der Waals surface area contributed by atoms with Gasteiger partial charge in [-0.25, -0.2) is 17.9 Å². The fourth-order valence-electron chi connectivity index (χ4n) is 8.58. The lowest BCUT2D eigenvalue weighted by Crippen LogP contribution is -2.58. The van der Waals surface area contributed by atoms with Crippen molar-refractivity contribution in [1.29, 1.82) is 0 Å². The van der Waals surface area contributed by atoms with Gasteiger partial charge in [-0.15, -0.1) is 0 Å². The summed E-state index contributed by atoms with van der Waals surface area (Å²) < 4.78 is 47.8. The number of hydrogen-bond donors (Lipinski definition) is 1. The largest absolute Gasteiger partial charge is 0.491 e. The van der Waals surface area contributed by atoms with E-state index in [1.54, 1.807) is 19.1 Å². The van der Waals surface area contributed by atoms with E-state index >= 15 is 0 Å². The second kappa shape index (κ2) is 13.6. The molecule has 0 bridgehead atoms. The van der Waals surface area contributed by atoms with Gasteiger partial charge in [-0.2, -0.15) is 0 Å². The Hall–Kier alpha value is -2.82. The van der Waals surface area contributed by atoms with Gasteiger partial charge in [-0.1, -0.05) is 43.7 Å². The summed E-state index contributed by atoms with van der Waals surface area (Å²) in [5.74, 6) is -0.296. The molecule has 0 radical (unpaired) electrons. The Morgan fingerprint density at radius 2 is 1.96 bits per heavy atom. The van der Waals surface area contributed by atoms with Crippen molar-refractivity contribution in [3.8, 4) is 0 Å². The maximum absolute atomic E-state index is 13.6. The summed E-state index contributed by atoms with van der Waals surface area (Å²) in [7, 11) is -3.95. The third kappa shape index (κ3) is 6.75. The van der Waals surface area contributed by atoms with E-state index in [4.69, 9.17) is 25.8 Å². The Morgan fingerprint density at radius 3 is 2.68 bits per heavy atom. The molecule has 5 atom stereocenters. The molecular weight excluding hydrogens is 640 g/mol. The summed E-state index contributed by atoms with van der Waals surface area (Å²) >= 11 is 6.43. The van der Waals surface area contributed by atoms with Gasteiger partial charge in [0.05, 0.1) is 24.2 Å². The Morgan fingerprint density at radius 1 is 1.13 bits per heavy atom. The summed E-state index contributed by atoms with van der Waals surface area (Å²) in [6.45, 7) is 9.83. The number of nitrogens with one attached hydrogen (secondary N) is 1. The number of sulfonamides is 1. The van der Waals surface area contributed by atoms with Crippen molar-refractivity contribution in [2.24, 2.45) is 11.8 Å². The van der Waals surface area contributed by atoms with Crippen LogP contribution in [0.1, 0.15) is 82.8 Å². The van der Waals surface area contributed by atoms with E-state index in [9.17, 15) is 18.0 Å². The molecule has 3 fully saturated rings. The maximum atomic E-state index is 13.6. The number of ether oxygens (including phenoxy) is 3. The van der Waals surface area contributed by atoms with Gasteiger partial charge in [0.25, 0.3) is 5.91 Å². The monoisotopic (exact) mass is 686 g/mol. The van der Waals surface area contributed by atoms with Gasteiger partial charge >= 0.3 is 5.97 Å². The van der Waals surface area contributed by atoms with Crippen molar-refractivity contribution in [3.63, 3.8) is 0 Å². The molecule has 3 heterocycles. The number of rotatable bonds is 1. The van der Waals surface area contributed by atoms with Crippen LogP contribution in [0, 0.1) is 11.8 Å². The van der Waals surface area contributed by atoms with Crippen LogP contribution in [-0.4, -0.2) is 69.0 Å². The van der Waals surface area contributed by atoms with Crippen LogP contribution in [0.3, 0.4) is 0 Å². The highest BCUT2D eigenvalue weighted by molar-refractivity contribution is 7.90. The molecule has 1 amide bonds. The van der Waals surface area contributed by atoms with E-state index in [1.807, 2.05) is 13.0 Å². The fourth-order valence-corrected chi connectivity index (χ4v) is 10.2. The first kappa shape index (κ1) is 34.1. The lowest BCUT2D eigenvalue weighted by molar-refractivity contribution is -0.216. The van der Waals surface area contributed by atoms with Crippen LogP contribution < -0.4 is 4.72 Å². The number of hydrogen-bond acceptors (Lipinski definition) is 8. The topological polar surface area (TPSA) is 111 Å². The van der Waals surface area contributed by atoms with E-state index < -0.39 is 26.8 Å². The minimum Gasteiger partial charge on any atom is -0.491 e. The van der Waals surface area contributed by atoms with Crippen molar-refractivity contribution in [1.82, 2.24) is 9.62 Å². The molecule has 6 rings (SSSR count). The summed E-state index contributed by atoms with van der Waals surface area (Å²) in [6.07, 6.45) is 10.7. The molecule has 1 aromatic rings. The summed E-state index contributed by atoms with van der Waals surface area (Å²) in [5, 5.41) is -0.0173. The molecule has 5 aliphatic rings. The first-order valence-electron chi connectivity index (χ1n) is 17.1. The number of amides is 1. The molecule has 2 spiro atoms. The van der Waals surface area contributed by atoms with Gasteiger partial charge in [0.1, 0.15) is 18.0 Å². The number of esters is 1. The van der Waals surface area contributed by atoms with Gasteiger partial charge in [0.15, 0.2) is 0 Å². The van der Waals surface area contributed by atoms with Gasteiger partial charge < -0.3 is 19.1 Å². The van der Waals surface area contributed by atoms with Crippen LogP contribution in [0.15, 0.2) is 54.0 Å². The zero-order valence-corrected chi connectivity index (χ0v) is 29.1. The molecule has 1 saturated carbocycles. The van der Waals surface area contributed by atoms with Crippen molar-refractivity contribution in [3.05, 3.63) is 70.1 Å². The Labute approximate surface area is 283 Å². The average Bonchev–Trinajstić information content (AvgIpc) is 3.13. The van der Waals surface area contributed by atoms with E-state index in [0.29, 0.717) is 74.9 Å². The molecule has 2 saturated heterocycles. The van der Waals surface area contributed by atoms with Crippen molar-refractivity contribution >= 4 is 33.5 Å². The molecule has 3 aliphatic heterocycles. The number of nitrogens with zero attached hydrogens (tertiary/aromatic N) is 1. The van der Waals surface area contributed by atoms with Crippen LogP contribution in [0.25, 0.3) is 0 Å². The summed E-state index contributed by atoms with van der Waals surface area (Å²) in [5.41, 5.74) is 2.21. The number of carbonyl (C=O) groups excluding carboxylic acids is 2. The maximum Gasteiger partial charge on any atom is 0.332 e. The van der Waals surface area contributed by atoms with Gasteiger partial charge in [-0.3, -0.25) is 4.79 Å². The quantitative estimate of drug-likeness (QED) is 0.295. The normalized spacial score (nSPS) is 35.3. The third-order valence-corrected chi connectivity index (χ3v) is 13.3. The molecule has 11 heteroatoms. The molecule has 9 nitrogen and oxygen atoms in total. The van der Waals surface area contributed by atoms with Crippen molar-refractivity contribution in [2.45, 2.75) is 94.3 Å². The highest BCUT2D eigenvalue weighted by Crippen LogP contribution is 2.49. The molecule has 2 aliphatic carbocycles. The first-order chi connectivity index (χ1) is 22.5. The first-order valence-corrected chi connectivity index (χ1v) is 19.0. The van der Waals surface area contributed by atoms with E-state index in [-0.39, 0.29) is 35.4 Å². The fraction of sp³-hybridized carbons (Fsp3) is 0.611. The van der Waals surface area contributed by atoms with Gasteiger partial charge in [0.2, 0.25) is 10.0 Å². The molecule has 256 valence electrons. The van der Waals surface area contributed by atoms with Crippen LogP contribution in [0.4, 0.5) is 0 Å². The second-order valence-corrected chi connectivity index (χ2v) is 16.4. The van der Waals surface area contributed by atoms with Crippen LogP contribution in [0.2, 0.25) is 5.02 Å². The van der Waals surface area contributed by atoms with Gasteiger partial charge in [0, 0.05) is 35.0 Å². The lowest BCUT2D eigenvalue weighted by Gasteiger charge is -2.52. The number of allylic oxidation sites excluding steroid dienone is 1. The minimum atomic E-state index is -3.95. The van der Waals surface area contributed by atoms with E-state index in [1.165, 1.54) is 11.1 Å². The number of halogens is 1. The number of benzene rings is 1. The van der Waals surface area contributed by atoms with Crippen LogP contribution >= 0.6 is 11.6 Å². The minimum absolute atomic E-state index is 0.0523. The summed E-state index contributed by atoms with van der Waals surface area (Å²) in [6, 6.07) is 6.11. The molecule has 1 aromatic carbocycles. The molecule has 47 heavy (non-hydrogen) atoms. The Balaban J connectivity index is 1.44. The molecule has 1 N–H and O–H groups in total. The number of fused-ring (bicyclic) bond motifs is 5. The standard InChI is InChI=1S/C36H47ClN2O7S/c1-4-25-18-32-24(3)45-22-35(15-8-9-26-17-28(37)12-14-30(26)35)21-39(32)19-27-11-13-31(27)36(23-44-20-33(40)46-36)16-7-6-10-29(5-2)47(42,43)38-34(25)41/h4,12,14,17-18,27,29,31H,3,5-11,13,15-16,19-23H2,1-2H3,(H,38,41)/b25-4+,32-18+/t27-,29+,31+,35-,36-/m0/s1. The lowest BCUT2D eigenvalue weighted by atomic mass is 9.62. The highest BCUT2D eigenvalue weighted by atomic mass is 35.5. The number of carbonyl (C=O) groups is 2. The molecule has 0 aromatic heterocycles. The number of aryl methyl sites for hydroxylation is 1. The third-order valence-electron chi connectivity index (χ3n) is 11.2. The van der Waals surface area contributed by atoms with Crippen LogP contribution in [0.5, 0.6) is 0 Å². The van der Waals surface area contributed by atoms with Crippen LogP contribution in [-0.2, 0) is 45.7 Å². The Bertz CT molecular complexity index is 1590. The van der Waals surface area contributed by atoms with E-state index in [2.05, 4.69) is 28.3 Å². The zero-order valence-electron chi connectivity index (χ0n) is 27.5. The predicted molar refractivity (Wildman–Crippen MR) is 180 cm³/mol. The second-order valence-electron chi connectivity index (χ2n) is 14.0. The van der Waals surface area contributed by atoms with Gasteiger partial charge in [-0.05, 0) is 100.0 Å². The van der Waals surface area contributed by atoms with Crippen molar-refractivity contribution < 1.29 is 32.2 Å². The van der Waals surface area contributed by atoms with E-state index in [0.717, 1.165) is 32.1 Å². The zero-order chi connectivity index (χ0) is 33.4. The molecule has 0 unspecified atom stereocenters. The SMILES string of the molecule is C=C1OC[C@]2(CCCc3cc(Cl)ccc32)CN2C[C@@H]3CC[C@H]3[C@]3(CCCC[C@@H](CC)S(=O)(=O)NC(=O)C(=C/C)/C=C\12)COCC(=O)O3. The average molecular weight is 687 g/mol. The van der Waals surface area contributed by atoms with Crippen molar-refractivity contribution in [2.75, 3.05) is 32.9 Å². The highest BCUT2D eigenvalue weighted by Gasteiger charge is 2.53.